The van der Waals surface area contributed by atoms with Crippen molar-refractivity contribution >= 4 is 0 Å². The molecule has 78 valence electrons. The van der Waals surface area contributed by atoms with Gasteiger partial charge in [0.15, 0.2) is 0 Å². The van der Waals surface area contributed by atoms with E-state index in [2.05, 4.69) is 34.1 Å². The lowest BCUT2D eigenvalue weighted by Crippen LogP contribution is -2.37. The maximum Gasteiger partial charge on any atom is 0.124 e. The number of quaternary nitrogens is 1. The normalized spacial score (nSPS) is 14.1. The first-order valence-electron chi connectivity index (χ1n) is 4.93. The zero-order chi connectivity index (χ0) is 10.9. The number of rotatable bonds is 2. The van der Waals surface area contributed by atoms with Crippen LogP contribution in [0.5, 0.6) is 5.75 Å². The van der Waals surface area contributed by atoms with Crippen LogP contribution in [0.2, 0.25) is 0 Å². The van der Waals surface area contributed by atoms with Crippen LogP contribution in [0.15, 0.2) is 18.2 Å². The number of nitrogens with zero attached hydrogens (tertiary/aromatic N) is 1. The molecule has 0 aliphatic rings. The Morgan fingerprint density at radius 3 is 2.29 bits per heavy atom. The van der Waals surface area contributed by atoms with E-state index >= 15 is 0 Å². The molecule has 1 N–H and O–H groups in total. The molecule has 1 aromatic carbocycles. The molecule has 0 spiro atoms. The summed E-state index contributed by atoms with van der Waals surface area (Å²) in [7, 11) is 6.39. The Morgan fingerprint density at radius 2 is 1.79 bits per heavy atom. The van der Waals surface area contributed by atoms with Crippen LogP contribution in [0.1, 0.15) is 24.1 Å². The van der Waals surface area contributed by atoms with Crippen LogP contribution in [0.25, 0.3) is 0 Å². The van der Waals surface area contributed by atoms with Gasteiger partial charge in [0.2, 0.25) is 0 Å². The molecule has 1 atom stereocenters. The zero-order valence-corrected chi connectivity index (χ0v) is 9.70. The molecule has 2 heteroatoms. The summed E-state index contributed by atoms with van der Waals surface area (Å²) in [4.78, 5) is 0. The van der Waals surface area contributed by atoms with Crippen molar-refractivity contribution in [2.75, 3.05) is 21.1 Å². The number of hydrogen-bond acceptors (Lipinski definition) is 1. The van der Waals surface area contributed by atoms with Crippen molar-refractivity contribution in [2.45, 2.75) is 19.9 Å². The van der Waals surface area contributed by atoms with Gasteiger partial charge in [0.1, 0.15) is 11.8 Å². The van der Waals surface area contributed by atoms with Gasteiger partial charge in [0.25, 0.3) is 0 Å². The fourth-order valence-corrected chi connectivity index (χ4v) is 1.43. The molecule has 0 saturated carbocycles. The van der Waals surface area contributed by atoms with Gasteiger partial charge in [-0.3, -0.25) is 0 Å². The van der Waals surface area contributed by atoms with Gasteiger partial charge in [0.05, 0.1) is 26.7 Å². The Balaban J connectivity index is 3.12. The lowest BCUT2D eigenvalue weighted by Gasteiger charge is -2.32. The van der Waals surface area contributed by atoms with Crippen LogP contribution in [0.4, 0.5) is 0 Å². The van der Waals surface area contributed by atoms with E-state index < -0.39 is 0 Å². The van der Waals surface area contributed by atoms with Crippen molar-refractivity contribution in [1.29, 1.82) is 0 Å². The average Bonchev–Trinajstić information content (AvgIpc) is 2.06. The molecule has 0 amide bonds. The molecule has 0 fully saturated rings. The van der Waals surface area contributed by atoms with Gasteiger partial charge in [-0.15, -0.1) is 0 Å². The second-order valence-corrected chi connectivity index (χ2v) is 4.85. The van der Waals surface area contributed by atoms with Crippen molar-refractivity contribution in [3.63, 3.8) is 0 Å². The van der Waals surface area contributed by atoms with E-state index in [1.165, 1.54) is 5.56 Å². The summed E-state index contributed by atoms with van der Waals surface area (Å²) < 4.78 is 0.816. The predicted molar refractivity (Wildman–Crippen MR) is 59.3 cm³/mol. The molecule has 0 saturated heterocycles. The van der Waals surface area contributed by atoms with Crippen LogP contribution in [-0.4, -0.2) is 30.7 Å². The quantitative estimate of drug-likeness (QED) is 0.717. The minimum absolute atomic E-state index is 0.301. The number of aromatic hydroxyl groups is 1. The summed E-state index contributed by atoms with van der Waals surface area (Å²) in [6.45, 7) is 4.18. The van der Waals surface area contributed by atoms with Gasteiger partial charge in [-0.05, 0) is 26.0 Å². The topological polar surface area (TPSA) is 20.2 Å². The molecule has 1 unspecified atom stereocenters. The molecule has 0 aliphatic carbocycles. The van der Waals surface area contributed by atoms with Crippen molar-refractivity contribution < 1.29 is 9.59 Å². The maximum absolute atomic E-state index is 9.76. The van der Waals surface area contributed by atoms with E-state index in [-0.39, 0.29) is 0 Å². The number of hydrogen-bond donors (Lipinski definition) is 1. The second-order valence-electron chi connectivity index (χ2n) is 4.85. The molecular weight excluding hydrogens is 174 g/mol. The van der Waals surface area contributed by atoms with Gasteiger partial charge in [-0.1, -0.05) is 11.6 Å². The number of phenols is 1. The predicted octanol–water partition coefficient (Wildman–Crippen LogP) is 2.47. The average molecular weight is 194 g/mol. The van der Waals surface area contributed by atoms with Crippen molar-refractivity contribution in [1.82, 2.24) is 0 Å². The molecule has 0 radical (unpaired) electrons. The highest BCUT2D eigenvalue weighted by atomic mass is 16.3. The fourth-order valence-electron chi connectivity index (χ4n) is 1.43. The van der Waals surface area contributed by atoms with Crippen molar-refractivity contribution in [3.05, 3.63) is 29.3 Å². The highest BCUT2D eigenvalue weighted by Crippen LogP contribution is 2.30. The highest BCUT2D eigenvalue weighted by Gasteiger charge is 2.23. The van der Waals surface area contributed by atoms with Crippen LogP contribution < -0.4 is 0 Å². The first kappa shape index (κ1) is 11.1. The van der Waals surface area contributed by atoms with E-state index in [0.29, 0.717) is 11.8 Å². The summed E-state index contributed by atoms with van der Waals surface area (Å²) in [5.74, 6) is 0.399. The summed E-state index contributed by atoms with van der Waals surface area (Å²) in [6, 6.07) is 6.07. The van der Waals surface area contributed by atoms with E-state index in [1.807, 2.05) is 13.0 Å². The Labute approximate surface area is 86.4 Å². The largest absolute Gasteiger partial charge is 0.507 e. The summed E-state index contributed by atoms with van der Waals surface area (Å²) in [5.41, 5.74) is 2.22. The minimum Gasteiger partial charge on any atom is -0.507 e. The number of phenolic OH excluding ortho intramolecular Hbond substituents is 1. The van der Waals surface area contributed by atoms with Gasteiger partial charge in [-0.2, -0.15) is 0 Å². The van der Waals surface area contributed by atoms with Gasteiger partial charge < -0.3 is 9.59 Å². The van der Waals surface area contributed by atoms with E-state index in [4.69, 9.17) is 0 Å². The molecule has 0 heterocycles. The van der Waals surface area contributed by atoms with Gasteiger partial charge in [-0.25, -0.2) is 0 Å². The molecule has 1 aromatic rings. The first-order chi connectivity index (χ1) is 6.32. The molecule has 0 aromatic heterocycles. The van der Waals surface area contributed by atoms with Crippen molar-refractivity contribution in [3.8, 4) is 5.75 Å². The van der Waals surface area contributed by atoms with E-state index in [0.717, 1.165) is 10.0 Å². The third kappa shape index (κ3) is 2.26. The third-order valence-corrected chi connectivity index (χ3v) is 2.80. The Morgan fingerprint density at radius 1 is 1.21 bits per heavy atom. The van der Waals surface area contributed by atoms with Crippen LogP contribution in [-0.2, 0) is 0 Å². The zero-order valence-electron chi connectivity index (χ0n) is 9.70. The van der Waals surface area contributed by atoms with E-state index in [9.17, 15) is 5.11 Å². The summed E-state index contributed by atoms with van der Waals surface area (Å²) in [6.07, 6.45) is 0. The second kappa shape index (κ2) is 3.62. The van der Waals surface area contributed by atoms with Crippen molar-refractivity contribution in [2.24, 2.45) is 0 Å². The SMILES string of the molecule is Cc1ccc(O)c(C(C)[N+](C)(C)C)c1. The number of aryl methyl sites for hydroxylation is 1. The number of benzene rings is 1. The Bertz CT molecular complexity index is 326. The molecular formula is C12H20NO+. The van der Waals surface area contributed by atoms with Crippen LogP contribution in [0, 0.1) is 6.92 Å². The lowest BCUT2D eigenvalue weighted by atomic mass is 10.0. The summed E-state index contributed by atoms with van der Waals surface area (Å²) >= 11 is 0. The van der Waals surface area contributed by atoms with Crippen LogP contribution >= 0.6 is 0 Å². The third-order valence-electron chi connectivity index (χ3n) is 2.80. The highest BCUT2D eigenvalue weighted by molar-refractivity contribution is 5.36. The maximum atomic E-state index is 9.76. The smallest absolute Gasteiger partial charge is 0.124 e. The summed E-state index contributed by atoms with van der Waals surface area (Å²) in [5, 5.41) is 9.76. The van der Waals surface area contributed by atoms with Gasteiger partial charge in [0, 0.05) is 0 Å². The molecule has 14 heavy (non-hydrogen) atoms. The molecule has 1 rings (SSSR count). The van der Waals surface area contributed by atoms with Crippen LogP contribution in [0.3, 0.4) is 0 Å². The molecule has 0 bridgehead atoms. The lowest BCUT2D eigenvalue weighted by molar-refractivity contribution is -0.900. The Hall–Kier alpha value is -1.02. The first-order valence-corrected chi connectivity index (χ1v) is 4.93. The standard InChI is InChI=1S/C12H19NO/c1-9-6-7-12(14)11(8-9)10(2)13(3,4)5/h6-8,10H,1-5H3/p+1. The fraction of sp³-hybridized carbons (Fsp3) is 0.500. The molecule has 2 nitrogen and oxygen atoms in total. The minimum atomic E-state index is 0.301. The van der Waals surface area contributed by atoms with Gasteiger partial charge >= 0.3 is 0 Å². The van der Waals surface area contributed by atoms with E-state index in [1.54, 1.807) is 6.07 Å². The monoisotopic (exact) mass is 194 g/mol. The molecule has 0 aliphatic heterocycles. The Kier molecular flexibility index (Phi) is 2.86.